The molecule has 0 radical (unpaired) electrons. The van der Waals surface area contributed by atoms with Crippen molar-refractivity contribution >= 4 is 130 Å². The van der Waals surface area contributed by atoms with Crippen LogP contribution in [0, 0.1) is 23.2 Å². The maximum atomic E-state index is 14.5. The van der Waals surface area contributed by atoms with Gasteiger partial charge in [0.1, 0.15) is 72.5 Å². The van der Waals surface area contributed by atoms with Crippen molar-refractivity contribution in [3.05, 3.63) is 35.9 Å². The van der Waals surface area contributed by atoms with E-state index in [9.17, 15) is 117 Å². The van der Waals surface area contributed by atoms with Crippen LogP contribution in [0.1, 0.15) is 151 Å². The van der Waals surface area contributed by atoms with Crippen molar-refractivity contribution in [3.63, 3.8) is 0 Å². The summed E-state index contributed by atoms with van der Waals surface area (Å²) in [5.41, 5.74) is 28.0. The summed E-state index contributed by atoms with van der Waals surface area (Å²) >= 11 is 1.23. The van der Waals surface area contributed by atoms with Crippen LogP contribution in [0.3, 0.4) is 0 Å². The van der Waals surface area contributed by atoms with Gasteiger partial charge in [0.15, 0.2) is 5.96 Å². The number of primary amides is 2. The number of aliphatic hydroxyl groups excluding tert-OH is 2. The molecule has 16 amide bonds. The number of unbranched alkanes of at least 4 members (excludes halogenated alkanes) is 1. The number of aliphatic hydroxyl groups is 2. The first kappa shape index (κ1) is 106. The first-order chi connectivity index (χ1) is 55.8. The molecule has 0 spiro atoms. The second-order valence-corrected chi connectivity index (χ2v) is 29.9. The van der Waals surface area contributed by atoms with Crippen LogP contribution in [0.15, 0.2) is 30.3 Å². The van der Waals surface area contributed by atoms with Crippen LogP contribution < -0.4 is 108 Å². The molecular formula is C73H121N21O24S. The zero-order chi connectivity index (χ0) is 90.5. The molecule has 0 fully saturated rings. The van der Waals surface area contributed by atoms with Gasteiger partial charge >= 0.3 is 17.9 Å². The van der Waals surface area contributed by atoms with Crippen LogP contribution >= 0.6 is 11.8 Å². The zero-order valence-corrected chi connectivity index (χ0v) is 69.0. The van der Waals surface area contributed by atoms with Gasteiger partial charge in [0.2, 0.25) is 94.5 Å². The van der Waals surface area contributed by atoms with Crippen molar-refractivity contribution in [3.8, 4) is 0 Å². The highest BCUT2D eigenvalue weighted by Gasteiger charge is 2.40. The lowest BCUT2D eigenvalue weighted by atomic mass is 9.96. The molecule has 0 aromatic heterocycles. The summed E-state index contributed by atoms with van der Waals surface area (Å²) in [7, 11) is 0. The Morgan fingerprint density at radius 2 is 0.832 bits per heavy atom. The van der Waals surface area contributed by atoms with E-state index in [0.29, 0.717) is 12.0 Å². The van der Waals surface area contributed by atoms with E-state index in [4.69, 9.17) is 34.1 Å². The zero-order valence-electron chi connectivity index (χ0n) is 68.2. The van der Waals surface area contributed by atoms with Crippen LogP contribution in [0.25, 0.3) is 0 Å². The second kappa shape index (κ2) is 55.3. The molecule has 45 nitrogen and oxygen atoms in total. The first-order valence-corrected chi connectivity index (χ1v) is 40.0. The predicted molar refractivity (Wildman–Crippen MR) is 428 cm³/mol. The molecule has 0 aliphatic heterocycles. The quantitative estimate of drug-likeness (QED) is 0.0164. The maximum Gasteiger partial charge on any atom is 0.326 e. The first-order valence-electron chi connectivity index (χ1n) is 38.6. The van der Waals surface area contributed by atoms with Crippen molar-refractivity contribution in [1.82, 2.24) is 79.8 Å². The fourth-order valence-electron chi connectivity index (χ4n) is 11.4. The Kier molecular flexibility index (Phi) is 49.1. The average Bonchev–Trinajstić information content (AvgIpc) is 0.846. The lowest BCUT2D eigenvalue weighted by molar-refractivity contribution is -0.143. The molecule has 0 heterocycles. The smallest absolute Gasteiger partial charge is 0.326 e. The molecule has 46 heteroatoms. The number of hydrogen-bond acceptors (Lipinski definition) is 25. The number of nitrogens with two attached hydrogens (primary N) is 5. The molecule has 0 saturated carbocycles. The lowest BCUT2D eigenvalue weighted by Crippen LogP contribution is -2.62. The van der Waals surface area contributed by atoms with E-state index >= 15 is 0 Å². The van der Waals surface area contributed by atoms with Gasteiger partial charge < -0.3 is 134 Å². The average molecular weight is 1710 g/mol. The summed E-state index contributed by atoms with van der Waals surface area (Å²) < 4.78 is 0. The van der Waals surface area contributed by atoms with Gasteiger partial charge in [0.25, 0.3) is 0 Å². The van der Waals surface area contributed by atoms with Crippen molar-refractivity contribution in [2.45, 2.75) is 242 Å². The molecule has 119 heavy (non-hydrogen) atoms. The Morgan fingerprint density at radius 3 is 1.33 bits per heavy atom. The Morgan fingerprint density at radius 1 is 0.429 bits per heavy atom. The van der Waals surface area contributed by atoms with Gasteiger partial charge in [0, 0.05) is 19.4 Å². The third kappa shape index (κ3) is 41.5. The number of carbonyl (C=O) groups is 19. The van der Waals surface area contributed by atoms with Crippen LogP contribution in [-0.2, 0) is 97.5 Å². The summed E-state index contributed by atoms with van der Waals surface area (Å²) in [6.07, 6.45) is -5.33. The highest BCUT2D eigenvalue weighted by atomic mass is 32.2. The number of rotatable bonds is 59. The monoisotopic (exact) mass is 1710 g/mol. The van der Waals surface area contributed by atoms with Gasteiger partial charge in [-0.3, -0.25) is 91.7 Å². The number of carbonyl (C=O) groups excluding carboxylic acids is 16. The van der Waals surface area contributed by atoms with Gasteiger partial charge in [-0.15, -0.1) is 0 Å². The number of carboxylic acid groups (broad SMARTS) is 3. The van der Waals surface area contributed by atoms with E-state index in [1.807, 2.05) is 0 Å². The minimum Gasteiger partial charge on any atom is -0.481 e. The Hall–Kier alpha value is -11.4. The number of benzene rings is 1. The van der Waals surface area contributed by atoms with Gasteiger partial charge in [-0.2, -0.15) is 11.8 Å². The van der Waals surface area contributed by atoms with E-state index in [2.05, 4.69) is 79.8 Å². The normalized spacial score (nSPS) is 15.3. The summed E-state index contributed by atoms with van der Waals surface area (Å²) in [5.74, 6) is -24.0. The van der Waals surface area contributed by atoms with Gasteiger partial charge in [-0.1, -0.05) is 84.7 Å². The van der Waals surface area contributed by atoms with E-state index in [1.165, 1.54) is 25.6 Å². The van der Waals surface area contributed by atoms with Crippen LogP contribution in [-0.4, -0.2) is 273 Å². The van der Waals surface area contributed by atoms with Gasteiger partial charge in [-0.25, -0.2) is 4.79 Å². The number of guanidine groups is 1. The molecule has 0 bridgehead atoms. The van der Waals surface area contributed by atoms with Crippen LogP contribution in [0.4, 0.5) is 0 Å². The van der Waals surface area contributed by atoms with Gasteiger partial charge in [-0.05, 0) is 107 Å². The molecule has 0 aliphatic rings. The van der Waals surface area contributed by atoms with Crippen LogP contribution in [0.5, 0.6) is 0 Å². The summed E-state index contributed by atoms with van der Waals surface area (Å²) in [6.45, 7) is 10.1. The molecule has 0 unspecified atom stereocenters. The van der Waals surface area contributed by atoms with Crippen molar-refractivity contribution in [2.24, 2.45) is 46.4 Å². The maximum absolute atomic E-state index is 14.5. The van der Waals surface area contributed by atoms with E-state index in [-0.39, 0.29) is 76.6 Å². The van der Waals surface area contributed by atoms with Gasteiger partial charge in [0.05, 0.1) is 50.6 Å². The second-order valence-electron chi connectivity index (χ2n) is 28.9. The van der Waals surface area contributed by atoms with E-state index in [0.717, 1.165) is 13.8 Å². The summed E-state index contributed by atoms with van der Waals surface area (Å²) in [5, 5.41) is 93.8. The molecule has 31 N–H and O–H groups in total. The number of hydrogen-bond donors (Lipinski definition) is 26. The van der Waals surface area contributed by atoms with E-state index in [1.54, 1.807) is 64.3 Å². The number of carboxylic acids is 3. The molecule has 1 aromatic carbocycles. The topological polar surface area (TPSA) is 760 Å². The third-order valence-electron chi connectivity index (χ3n) is 18.4. The lowest BCUT2D eigenvalue weighted by Gasteiger charge is -2.30. The highest BCUT2D eigenvalue weighted by molar-refractivity contribution is 7.98. The van der Waals surface area contributed by atoms with Crippen molar-refractivity contribution < 1.29 is 117 Å². The molecule has 1 rings (SSSR count). The van der Waals surface area contributed by atoms with Crippen LogP contribution in [0.2, 0.25) is 0 Å². The summed E-state index contributed by atoms with van der Waals surface area (Å²) in [4.78, 5) is 254. The molecule has 1 aromatic rings. The SMILES string of the molecule is CC[C@H](C)[C@H](NC(=O)[C@H](CCCNC(=N)N)NC(=O)[C@H](CC(C)C)NC(=O)[C@H](CC(N)=O)NC(=O)CNC(=O)[C@H](CCSC)NC(=O)CNC(=O)[C@H](CC(=O)O)NC(=O)[C@@H](NC(=O)[C@@H](NC(=O)[C@H](Cc1ccccc1)NC(=O)[C@@H](N)CC(N)=O)[C@@H](C)O)[C@@H](C)CC)C(=O)N[C@H](C(=O)N[C@@H](CCC(=O)O)C(=O)N[C@@H](CCCCN)C(=O)O)[C@@H](C)O. The minimum atomic E-state index is -1.94. The molecule has 17 atom stereocenters. The molecule has 0 aliphatic carbocycles. The Bertz CT molecular complexity index is 3640. The molecule has 668 valence electrons. The van der Waals surface area contributed by atoms with Crippen molar-refractivity contribution in [2.75, 3.05) is 38.2 Å². The number of thioether (sulfide) groups is 1. The predicted octanol–water partition coefficient (Wildman–Crippen LogP) is -8.17. The third-order valence-corrected chi connectivity index (χ3v) is 19.0. The Labute approximate surface area is 692 Å². The summed E-state index contributed by atoms with van der Waals surface area (Å²) in [6, 6.07) is -13.2. The number of amides is 16. The largest absolute Gasteiger partial charge is 0.481 e. The number of nitrogens with one attached hydrogen (secondary N) is 16. The standard InChI is InChI=1S/C73H121N21O24S/c1-10-36(5)56(92-71(116)59(39(8)96)93-67(112)47(29-40-18-13-12-14-19-40)88-60(105)41(75)30-50(76)97)68(113)90-49(32-55(103)104)62(107)82-33-52(99)83-44(24-27-119-9)61(106)81-34-53(100)84-48(31-51(77)98)66(111)89-46(28-35(3)4)65(110)85-42(21-17-26-80-73(78)79)64(109)91-57(37(6)11-2)69(114)94-58(38(7)95)70(115)86-43(22-23-54(101)102)63(108)87-45(72(117)118)20-15-16-25-74/h12-14,18-19,35-39,41-49,56-59,95-96H,10-11,15-17,20-34,74-75H2,1-9H3,(H2,76,97)(H2,77,98)(H,81,106)(H,82,107)(H,83,99)(H,84,100)(H,85,110)(H,86,115)(H,87,108)(H,88,105)(H,89,111)(H,90,113)(H,91,109)(H,92,116)(H,93,112)(H,94,114)(H,101,102)(H,103,104)(H,117,118)(H4,78,79,80)/t36-,37-,38+,39+,41-,42-,43-,44-,45-,46-,47-,48-,49-,56-,57-,58-,59-/m0/s1. The number of aliphatic carboxylic acids is 3. The van der Waals surface area contributed by atoms with E-state index < -0.39 is 272 Å². The van der Waals surface area contributed by atoms with Crippen molar-refractivity contribution in [1.29, 1.82) is 5.41 Å². The minimum absolute atomic E-state index is 0.00738. The molecular weight excluding hydrogens is 1590 g/mol. The molecule has 0 saturated heterocycles. The fourth-order valence-corrected chi connectivity index (χ4v) is 11.8. The highest BCUT2D eigenvalue weighted by Crippen LogP contribution is 2.16. The fraction of sp³-hybridized carbons (Fsp3) is 0.644. The Balaban J connectivity index is 3.44.